The molecule has 2 aromatic carbocycles. The van der Waals surface area contributed by atoms with Crippen molar-refractivity contribution in [3.8, 4) is 0 Å². The molecule has 0 bridgehead atoms. The number of amides is 2. The largest absolute Gasteiger partial charge is 0.448 e. The van der Waals surface area contributed by atoms with Crippen molar-refractivity contribution in [2.24, 2.45) is 0 Å². The number of halogens is 3. The van der Waals surface area contributed by atoms with Gasteiger partial charge < -0.3 is 25.0 Å². The van der Waals surface area contributed by atoms with Crippen LogP contribution in [-0.2, 0) is 19.5 Å². The number of nitrogens with one attached hydrogen (secondary N) is 2. The molecule has 0 atom stereocenters. The van der Waals surface area contributed by atoms with Crippen molar-refractivity contribution in [2.75, 3.05) is 41.8 Å². The average Bonchev–Trinajstić information content (AvgIpc) is 3.39. The van der Waals surface area contributed by atoms with Crippen LogP contribution in [0.25, 0.3) is 0 Å². The molecule has 0 aliphatic heterocycles. The number of hydrogen-bond donors (Lipinski definition) is 2. The van der Waals surface area contributed by atoms with Crippen molar-refractivity contribution in [3.05, 3.63) is 57.1 Å². The molecule has 1 heterocycles. The van der Waals surface area contributed by atoms with Crippen molar-refractivity contribution < 1.29 is 31.9 Å². The molecule has 0 saturated carbocycles. The fourth-order valence-corrected chi connectivity index (χ4v) is 5.76. The van der Waals surface area contributed by atoms with Gasteiger partial charge in [-0.2, -0.15) is 0 Å². The zero-order valence-electron chi connectivity index (χ0n) is 22.7. The van der Waals surface area contributed by atoms with Crippen LogP contribution in [0.15, 0.2) is 46.1 Å². The Hall–Kier alpha value is -3.33. The predicted octanol–water partition coefficient (Wildman–Crippen LogP) is 6.26. The predicted molar refractivity (Wildman–Crippen MR) is 158 cm³/mol. The van der Waals surface area contributed by atoms with Crippen LogP contribution in [0, 0.1) is 5.82 Å². The van der Waals surface area contributed by atoms with Gasteiger partial charge in [0.1, 0.15) is 22.9 Å². The molecule has 2 amide bonds. The lowest BCUT2D eigenvalue weighted by atomic mass is 10.2. The van der Waals surface area contributed by atoms with Crippen LogP contribution >= 0.6 is 34.5 Å². The number of carbonyl (C=O) groups excluding carboxylic acids is 2. The van der Waals surface area contributed by atoms with E-state index in [1.165, 1.54) is 17.9 Å². The van der Waals surface area contributed by atoms with E-state index in [9.17, 15) is 18.0 Å². The number of likely N-dealkylation sites (N-methyl/N-ethyl adjacent to an activating group) is 1. The van der Waals surface area contributed by atoms with Crippen LogP contribution in [0.3, 0.4) is 0 Å². The summed E-state index contributed by atoms with van der Waals surface area (Å²) in [5, 5.41) is 6.91. The third kappa shape index (κ3) is 8.12. The molecule has 0 aliphatic carbocycles. The fraction of sp³-hybridized carbons (Fsp3) is 0.320. The summed E-state index contributed by atoms with van der Waals surface area (Å²) in [6.45, 7) is 5.04. The molecule has 0 spiro atoms. The van der Waals surface area contributed by atoms with E-state index in [-0.39, 0.29) is 23.1 Å². The SMILES string of the molecule is CNC(=O)OCCN(C)c1cc(Cl)ccc1Nc1cc(F)c(S(=O)(=O)N(C(=O)OC(C)(C)C)c2cscn2)cc1Cl. The fourth-order valence-electron chi connectivity index (χ4n) is 3.38. The van der Waals surface area contributed by atoms with Crippen molar-refractivity contribution in [1.82, 2.24) is 10.3 Å². The summed E-state index contributed by atoms with van der Waals surface area (Å²) in [5.41, 5.74) is 1.34. The van der Waals surface area contributed by atoms with E-state index in [1.54, 1.807) is 50.9 Å². The zero-order valence-corrected chi connectivity index (χ0v) is 25.8. The number of nitrogens with zero attached hydrogens (tertiary/aromatic N) is 3. The van der Waals surface area contributed by atoms with Gasteiger partial charge in [-0.3, -0.25) is 0 Å². The van der Waals surface area contributed by atoms with Crippen molar-refractivity contribution >= 4 is 79.6 Å². The van der Waals surface area contributed by atoms with E-state index < -0.39 is 38.5 Å². The second kappa shape index (κ2) is 13.1. The molecule has 3 aromatic rings. The Morgan fingerprint density at radius 3 is 2.46 bits per heavy atom. The second-order valence-electron chi connectivity index (χ2n) is 9.45. The van der Waals surface area contributed by atoms with Crippen LogP contribution in [0.4, 0.5) is 36.9 Å². The third-order valence-electron chi connectivity index (χ3n) is 5.23. The summed E-state index contributed by atoms with van der Waals surface area (Å²) >= 11 is 13.7. The highest BCUT2D eigenvalue weighted by Gasteiger charge is 2.38. The molecule has 0 unspecified atom stereocenters. The molecular weight excluding hydrogens is 620 g/mol. The van der Waals surface area contributed by atoms with Crippen LogP contribution in [0.2, 0.25) is 10.0 Å². The smallest absolute Gasteiger partial charge is 0.430 e. The number of thiazole rings is 1. The van der Waals surface area contributed by atoms with Gasteiger partial charge in [0, 0.05) is 30.6 Å². The minimum absolute atomic E-state index is 0.0409. The van der Waals surface area contributed by atoms with Crippen molar-refractivity contribution in [1.29, 1.82) is 0 Å². The molecular formula is C25H28Cl2FN5O6S2. The third-order valence-corrected chi connectivity index (χ3v) is 8.04. The van der Waals surface area contributed by atoms with Crippen LogP contribution in [-0.4, -0.2) is 58.4 Å². The molecule has 0 saturated heterocycles. The van der Waals surface area contributed by atoms with Gasteiger partial charge in [-0.25, -0.2) is 27.4 Å². The molecule has 2 N–H and O–H groups in total. The number of carbonyl (C=O) groups is 2. The first-order valence-corrected chi connectivity index (χ1v) is 15.1. The molecule has 0 fully saturated rings. The van der Waals surface area contributed by atoms with Gasteiger partial charge in [0.25, 0.3) is 10.0 Å². The van der Waals surface area contributed by atoms with Gasteiger partial charge in [0.2, 0.25) is 0 Å². The molecule has 1 aromatic heterocycles. The lowest BCUT2D eigenvalue weighted by Gasteiger charge is -2.26. The highest BCUT2D eigenvalue weighted by molar-refractivity contribution is 7.93. The maximum atomic E-state index is 15.5. The minimum Gasteiger partial charge on any atom is -0.448 e. The molecule has 16 heteroatoms. The van der Waals surface area contributed by atoms with Crippen LogP contribution < -0.4 is 19.8 Å². The van der Waals surface area contributed by atoms with Gasteiger partial charge in [-0.05, 0) is 45.0 Å². The Bertz CT molecular complexity index is 1520. The van der Waals surface area contributed by atoms with Gasteiger partial charge >= 0.3 is 12.2 Å². The molecule has 3 rings (SSSR count). The maximum absolute atomic E-state index is 15.5. The minimum atomic E-state index is -4.84. The topological polar surface area (TPSA) is 130 Å². The Kier molecular flexibility index (Phi) is 10.3. The number of aromatic nitrogens is 1. The quantitative estimate of drug-likeness (QED) is 0.276. The number of alkyl carbamates (subject to hydrolysis) is 1. The van der Waals surface area contributed by atoms with Gasteiger partial charge in [0.15, 0.2) is 5.82 Å². The number of hydrogen-bond acceptors (Lipinski definition) is 10. The van der Waals surface area contributed by atoms with E-state index in [0.29, 0.717) is 27.2 Å². The standard InChI is InChI=1S/C25H28Cl2FN5O6S2/c1-25(2,3)39-24(35)33(22-13-40-14-30-22)41(36,37)21-11-16(27)19(12-17(21)28)31-18-7-6-15(26)10-20(18)32(5)8-9-38-23(34)29-4/h6-7,10-14,31H,8-9H2,1-5H3,(H,29,34). The molecule has 222 valence electrons. The number of ether oxygens (including phenoxy) is 2. The Balaban J connectivity index is 1.95. The van der Waals surface area contributed by atoms with Crippen LogP contribution in [0.5, 0.6) is 0 Å². The molecule has 0 aliphatic rings. The van der Waals surface area contributed by atoms with E-state index in [4.69, 9.17) is 32.7 Å². The average molecular weight is 649 g/mol. The molecule has 11 nitrogen and oxygen atoms in total. The van der Waals surface area contributed by atoms with E-state index in [0.717, 1.165) is 23.5 Å². The number of anilines is 4. The zero-order chi connectivity index (χ0) is 30.5. The van der Waals surface area contributed by atoms with E-state index in [1.807, 2.05) is 0 Å². The monoisotopic (exact) mass is 647 g/mol. The highest BCUT2D eigenvalue weighted by atomic mass is 35.5. The number of benzene rings is 2. The summed E-state index contributed by atoms with van der Waals surface area (Å²) in [4.78, 5) is 29.1. The Morgan fingerprint density at radius 1 is 1.15 bits per heavy atom. The molecule has 0 radical (unpaired) electrons. The lowest BCUT2D eigenvalue weighted by Crippen LogP contribution is -2.41. The van der Waals surface area contributed by atoms with Gasteiger partial charge in [-0.15, -0.1) is 15.6 Å². The van der Waals surface area contributed by atoms with E-state index in [2.05, 4.69) is 15.6 Å². The van der Waals surface area contributed by atoms with Crippen molar-refractivity contribution in [3.63, 3.8) is 0 Å². The van der Waals surface area contributed by atoms with Crippen LogP contribution in [0.1, 0.15) is 20.8 Å². The Morgan fingerprint density at radius 2 is 1.85 bits per heavy atom. The first kappa shape index (κ1) is 32.2. The van der Waals surface area contributed by atoms with Gasteiger partial charge in [0.05, 0.1) is 34.1 Å². The number of sulfonamides is 1. The Labute approximate surface area is 251 Å². The number of rotatable bonds is 9. The second-order valence-corrected chi connectivity index (χ2v) is 12.8. The lowest BCUT2D eigenvalue weighted by molar-refractivity contribution is 0.0608. The highest BCUT2D eigenvalue weighted by Crippen LogP contribution is 2.37. The summed E-state index contributed by atoms with van der Waals surface area (Å²) in [7, 11) is -1.67. The summed E-state index contributed by atoms with van der Waals surface area (Å²) in [6.07, 6.45) is -1.84. The summed E-state index contributed by atoms with van der Waals surface area (Å²) < 4.78 is 53.2. The van der Waals surface area contributed by atoms with Gasteiger partial charge in [-0.1, -0.05) is 23.2 Å². The summed E-state index contributed by atoms with van der Waals surface area (Å²) in [5.74, 6) is -1.43. The molecule has 41 heavy (non-hydrogen) atoms. The normalized spacial score (nSPS) is 11.5. The van der Waals surface area contributed by atoms with E-state index >= 15 is 4.39 Å². The summed E-state index contributed by atoms with van der Waals surface area (Å²) in [6, 6.07) is 6.65. The first-order chi connectivity index (χ1) is 19.1. The van der Waals surface area contributed by atoms with Crippen molar-refractivity contribution in [2.45, 2.75) is 31.3 Å². The maximum Gasteiger partial charge on any atom is 0.430 e. The first-order valence-electron chi connectivity index (χ1n) is 11.9.